The van der Waals surface area contributed by atoms with Crippen molar-refractivity contribution in [3.05, 3.63) is 90.0 Å². The molecule has 0 spiro atoms. The van der Waals surface area contributed by atoms with Crippen LogP contribution in [0.15, 0.2) is 81.9 Å². The van der Waals surface area contributed by atoms with Crippen LogP contribution in [-0.4, -0.2) is 16.2 Å². The molecule has 0 bridgehead atoms. The fourth-order valence-corrected chi connectivity index (χ4v) is 2.66. The molecule has 0 aliphatic heterocycles. The summed E-state index contributed by atoms with van der Waals surface area (Å²) in [6.45, 7) is 0.199. The number of para-hydroxylation sites is 1. The Morgan fingerprint density at radius 2 is 1.82 bits per heavy atom. The van der Waals surface area contributed by atoms with Gasteiger partial charge in [0.2, 0.25) is 11.7 Å². The van der Waals surface area contributed by atoms with E-state index < -0.39 is 6.09 Å². The van der Waals surface area contributed by atoms with Crippen molar-refractivity contribution >= 4 is 11.8 Å². The van der Waals surface area contributed by atoms with Crippen molar-refractivity contribution in [2.24, 2.45) is 0 Å². The molecule has 0 saturated heterocycles. The van der Waals surface area contributed by atoms with Gasteiger partial charge < -0.3 is 13.7 Å². The van der Waals surface area contributed by atoms with Gasteiger partial charge in [0.1, 0.15) is 6.61 Å². The third-order valence-corrected chi connectivity index (χ3v) is 4.02. The van der Waals surface area contributed by atoms with Crippen LogP contribution >= 0.6 is 0 Å². The highest BCUT2D eigenvalue weighted by atomic mass is 16.5. The smallest absolute Gasteiger partial charge is 0.411 e. The molecule has 1 N–H and O–H groups in total. The molecular formula is C21H17N3O4. The van der Waals surface area contributed by atoms with E-state index >= 15 is 0 Å². The van der Waals surface area contributed by atoms with Gasteiger partial charge in [0.25, 0.3) is 0 Å². The predicted molar refractivity (Wildman–Crippen MR) is 101 cm³/mol. The Morgan fingerprint density at radius 1 is 1.00 bits per heavy atom. The van der Waals surface area contributed by atoms with Crippen molar-refractivity contribution in [2.45, 2.75) is 13.0 Å². The molecular weight excluding hydrogens is 358 g/mol. The van der Waals surface area contributed by atoms with Crippen molar-refractivity contribution in [1.29, 1.82) is 0 Å². The minimum atomic E-state index is -0.530. The Labute approximate surface area is 161 Å². The zero-order valence-corrected chi connectivity index (χ0v) is 14.9. The van der Waals surface area contributed by atoms with Gasteiger partial charge in [-0.15, -0.1) is 0 Å². The largest absolute Gasteiger partial charge is 0.461 e. The third-order valence-electron chi connectivity index (χ3n) is 4.02. The lowest BCUT2D eigenvalue weighted by Crippen LogP contribution is -2.14. The maximum Gasteiger partial charge on any atom is 0.411 e. The van der Waals surface area contributed by atoms with Gasteiger partial charge in [-0.25, -0.2) is 4.79 Å². The summed E-state index contributed by atoms with van der Waals surface area (Å²) in [5.74, 6) is 1.33. The first-order chi connectivity index (χ1) is 13.8. The number of carbonyl (C=O) groups excluding carboxylic acids is 1. The molecule has 0 aliphatic carbocycles. The first-order valence-corrected chi connectivity index (χ1v) is 8.70. The standard InChI is InChI=1S/C21H17N3O4/c25-21(27-14-15-7-2-1-3-8-15)22-17-10-5-4-9-16(17)13-19-23-20(24-28-19)18-11-6-12-26-18/h1-12H,13-14H2,(H,22,25). The van der Waals surface area contributed by atoms with Gasteiger partial charge in [-0.05, 0) is 29.3 Å². The second-order valence-electron chi connectivity index (χ2n) is 6.01. The third kappa shape index (κ3) is 4.27. The van der Waals surface area contributed by atoms with Crippen LogP contribution in [-0.2, 0) is 17.8 Å². The lowest BCUT2D eigenvalue weighted by Gasteiger charge is -2.10. The average molecular weight is 375 g/mol. The van der Waals surface area contributed by atoms with E-state index in [9.17, 15) is 4.79 Å². The van der Waals surface area contributed by atoms with E-state index in [0.29, 0.717) is 29.6 Å². The Morgan fingerprint density at radius 3 is 2.64 bits per heavy atom. The molecule has 4 aromatic rings. The van der Waals surface area contributed by atoms with Crippen LogP contribution in [0.4, 0.5) is 10.5 Å². The summed E-state index contributed by atoms with van der Waals surface area (Å²) in [6, 6.07) is 20.4. The van der Waals surface area contributed by atoms with Gasteiger partial charge >= 0.3 is 6.09 Å². The number of anilines is 1. The average Bonchev–Trinajstić information content (AvgIpc) is 3.41. The highest BCUT2D eigenvalue weighted by molar-refractivity contribution is 5.85. The van der Waals surface area contributed by atoms with Crippen molar-refractivity contribution < 1.29 is 18.5 Å². The number of nitrogens with zero attached hydrogens (tertiary/aromatic N) is 2. The number of aromatic nitrogens is 2. The van der Waals surface area contributed by atoms with E-state index in [1.54, 1.807) is 24.5 Å². The van der Waals surface area contributed by atoms with Crippen LogP contribution in [0, 0.1) is 0 Å². The normalized spacial score (nSPS) is 10.6. The minimum absolute atomic E-state index is 0.199. The Balaban J connectivity index is 1.41. The second-order valence-corrected chi connectivity index (χ2v) is 6.01. The van der Waals surface area contributed by atoms with E-state index in [0.717, 1.165) is 11.1 Å². The summed E-state index contributed by atoms with van der Waals surface area (Å²) >= 11 is 0. The Kier molecular flexibility index (Phi) is 5.15. The molecule has 140 valence electrons. The second kappa shape index (κ2) is 8.22. The first-order valence-electron chi connectivity index (χ1n) is 8.70. The zero-order chi connectivity index (χ0) is 19.2. The van der Waals surface area contributed by atoms with Crippen LogP contribution in [0.2, 0.25) is 0 Å². The maximum atomic E-state index is 12.2. The zero-order valence-electron chi connectivity index (χ0n) is 14.9. The number of carbonyl (C=O) groups is 1. The quantitative estimate of drug-likeness (QED) is 0.527. The molecule has 0 aliphatic rings. The number of rotatable bonds is 6. The lowest BCUT2D eigenvalue weighted by atomic mass is 10.1. The van der Waals surface area contributed by atoms with Gasteiger partial charge in [-0.2, -0.15) is 4.98 Å². The van der Waals surface area contributed by atoms with E-state index in [4.69, 9.17) is 13.7 Å². The van der Waals surface area contributed by atoms with E-state index in [2.05, 4.69) is 15.5 Å². The van der Waals surface area contributed by atoms with Crippen LogP contribution in [0.5, 0.6) is 0 Å². The molecule has 0 fully saturated rings. The molecule has 0 radical (unpaired) electrons. The number of hydrogen-bond acceptors (Lipinski definition) is 6. The fourth-order valence-electron chi connectivity index (χ4n) is 2.66. The highest BCUT2D eigenvalue weighted by Crippen LogP contribution is 2.21. The van der Waals surface area contributed by atoms with Crippen LogP contribution in [0.1, 0.15) is 17.0 Å². The summed E-state index contributed by atoms with van der Waals surface area (Å²) in [7, 11) is 0. The van der Waals surface area contributed by atoms with E-state index in [1.165, 1.54) is 0 Å². The van der Waals surface area contributed by atoms with Crippen LogP contribution in [0.3, 0.4) is 0 Å². The molecule has 1 amide bonds. The predicted octanol–water partition coefficient (Wildman–Crippen LogP) is 4.67. The molecule has 2 aromatic heterocycles. The molecule has 0 saturated carbocycles. The number of benzene rings is 2. The van der Waals surface area contributed by atoms with Gasteiger partial charge in [0.05, 0.1) is 12.7 Å². The maximum absolute atomic E-state index is 12.2. The molecule has 28 heavy (non-hydrogen) atoms. The number of hydrogen-bond donors (Lipinski definition) is 1. The Bertz CT molecular complexity index is 1040. The van der Waals surface area contributed by atoms with Crippen LogP contribution in [0.25, 0.3) is 11.6 Å². The number of ether oxygens (including phenoxy) is 1. The number of amides is 1. The van der Waals surface area contributed by atoms with Crippen molar-refractivity contribution in [3.8, 4) is 11.6 Å². The summed E-state index contributed by atoms with van der Waals surface area (Å²) < 4.78 is 15.8. The highest BCUT2D eigenvalue weighted by Gasteiger charge is 2.14. The molecule has 7 heteroatoms. The van der Waals surface area contributed by atoms with Gasteiger partial charge in [0.15, 0.2) is 5.76 Å². The van der Waals surface area contributed by atoms with Gasteiger partial charge in [0, 0.05) is 5.69 Å². The molecule has 0 atom stereocenters. The summed E-state index contributed by atoms with van der Waals surface area (Å²) in [4.78, 5) is 16.5. The summed E-state index contributed by atoms with van der Waals surface area (Å²) in [5, 5.41) is 6.68. The summed E-state index contributed by atoms with van der Waals surface area (Å²) in [5.41, 5.74) is 2.37. The molecule has 7 nitrogen and oxygen atoms in total. The van der Waals surface area contributed by atoms with E-state index in [1.807, 2.05) is 48.5 Å². The monoisotopic (exact) mass is 375 g/mol. The SMILES string of the molecule is O=C(Nc1ccccc1Cc1nc(-c2ccco2)no1)OCc1ccccc1. The lowest BCUT2D eigenvalue weighted by molar-refractivity contribution is 0.155. The van der Waals surface area contributed by atoms with Crippen molar-refractivity contribution in [2.75, 3.05) is 5.32 Å². The number of nitrogens with one attached hydrogen (secondary N) is 1. The fraction of sp³-hybridized carbons (Fsp3) is 0.0952. The summed E-state index contributed by atoms with van der Waals surface area (Å²) in [6.07, 6.45) is 1.38. The Hall–Kier alpha value is -3.87. The number of furan rings is 1. The molecule has 0 unspecified atom stereocenters. The van der Waals surface area contributed by atoms with Gasteiger partial charge in [-0.3, -0.25) is 5.32 Å². The van der Waals surface area contributed by atoms with Crippen LogP contribution < -0.4 is 5.32 Å². The van der Waals surface area contributed by atoms with Crippen molar-refractivity contribution in [1.82, 2.24) is 10.1 Å². The minimum Gasteiger partial charge on any atom is -0.461 e. The van der Waals surface area contributed by atoms with Crippen molar-refractivity contribution in [3.63, 3.8) is 0 Å². The van der Waals surface area contributed by atoms with Gasteiger partial charge in [-0.1, -0.05) is 53.7 Å². The molecule has 4 rings (SSSR count). The first kappa shape index (κ1) is 17.5. The molecule has 2 heterocycles. The topological polar surface area (TPSA) is 90.4 Å². The van der Waals surface area contributed by atoms with E-state index in [-0.39, 0.29) is 6.61 Å². The molecule has 2 aromatic carbocycles.